The third kappa shape index (κ3) is 3.67. The van der Waals surface area contributed by atoms with Crippen molar-refractivity contribution in [2.24, 2.45) is 5.92 Å². The summed E-state index contributed by atoms with van der Waals surface area (Å²) in [5.74, 6) is 0.966. The summed E-state index contributed by atoms with van der Waals surface area (Å²) in [6.07, 6.45) is 2.70. The zero-order chi connectivity index (χ0) is 20.5. The second kappa shape index (κ2) is 7.89. The summed E-state index contributed by atoms with van der Waals surface area (Å²) in [5, 5.41) is 2.95. The summed E-state index contributed by atoms with van der Waals surface area (Å²) < 4.78 is 10.7. The van der Waals surface area contributed by atoms with Gasteiger partial charge in [0.25, 0.3) is 0 Å². The molecular formula is C23H25N3O4. The first-order valence-corrected chi connectivity index (χ1v) is 10.5. The van der Waals surface area contributed by atoms with Gasteiger partial charge in [-0.2, -0.15) is 0 Å². The van der Waals surface area contributed by atoms with Crippen molar-refractivity contribution in [1.29, 1.82) is 0 Å². The van der Waals surface area contributed by atoms with E-state index in [-0.39, 0.29) is 30.9 Å². The molecule has 2 amide bonds. The summed E-state index contributed by atoms with van der Waals surface area (Å²) in [5.41, 5.74) is 2.99. The lowest BCUT2D eigenvalue weighted by Crippen LogP contribution is -2.32. The Balaban J connectivity index is 1.18. The number of rotatable bonds is 5. The molecule has 1 unspecified atom stereocenters. The number of amides is 2. The molecule has 0 aromatic heterocycles. The highest BCUT2D eigenvalue weighted by molar-refractivity contribution is 6.00. The molecule has 2 saturated heterocycles. The molecule has 2 aromatic carbocycles. The Morgan fingerprint density at radius 1 is 1.00 bits per heavy atom. The Labute approximate surface area is 175 Å². The van der Waals surface area contributed by atoms with Gasteiger partial charge in [-0.25, -0.2) is 0 Å². The van der Waals surface area contributed by atoms with Gasteiger partial charge >= 0.3 is 0 Å². The molecule has 30 heavy (non-hydrogen) atoms. The molecule has 0 spiro atoms. The third-order valence-electron chi connectivity index (χ3n) is 6.03. The zero-order valence-corrected chi connectivity index (χ0v) is 16.8. The minimum atomic E-state index is -0.343. The van der Waals surface area contributed by atoms with E-state index in [1.54, 1.807) is 4.90 Å². The summed E-state index contributed by atoms with van der Waals surface area (Å²) >= 11 is 0. The van der Waals surface area contributed by atoms with Crippen molar-refractivity contribution >= 4 is 23.2 Å². The number of carbonyl (C=O) groups is 2. The van der Waals surface area contributed by atoms with E-state index in [1.165, 1.54) is 18.5 Å². The Hall–Kier alpha value is -3.22. The number of hydrogen-bond donors (Lipinski definition) is 1. The van der Waals surface area contributed by atoms with Crippen LogP contribution in [-0.4, -0.2) is 38.2 Å². The van der Waals surface area contributed by atoms with Crippen LogP contribution in [0, 0.1) is 5.92 Å². The number of fused-ring (bicyclic) bond motifs is 1. The Bertz CT molecular complexity index is 953. The van der Waals surface area contributed by atoms with Gasteiger partial charge in [0.2, 0.25) is 18.6 Å². The molecule has 3 aliphatic rings. The summed E-state index contributed by atoms with van der Waals surface area (Å²) in [7, 11) is 0. The topological polar surface area (TPSA) is 71.1 Å². The number of nitrogens with one attached hydrogen (secondary N) is 1. The zero-order valence-electron chi connectivity index (χ0n) is 16.8. The fraction of sp³-hybridized carbons (Fsp3) is 0.391. The van der Waals surface area contributed by atoms with E-state index in [1.807, 2.05) is 30.3 Å². The summed E-state index contributed by atoms with van der Waals surface area (Å²) in [4.78, 5) is 29.3. The molecular weight excluding hydrogens is 382 g/mol. The summed E-state index contributed by atoms with van der Waals surface area (Å²) in [6.45, 7) is 3.21. The first-order chi connectivity index (χ1) is 14.7. The predicted octanol–water partition coefficient (Wildman–Crippen LogP) is 2.68. The van der Waals surface area contributed by atoms with Gasteiger partial charge < -0.3 is 24.6 Å². The molecule has 156 valence electrons. The second-order valence-electron chi connectivity index (χ2n) is 8.02. The highest BCUT2D eigenvalue weighted by Gasteiger charge is 2.35. The predicted molar refractivity (Wildman–Crippen MR) is 113 cm³/mol. The van der Waals surface area contributed by atoms with Crippen LogP contribution in [0.25, 0.3) is 0 Å². The van der Waals surface area contributed by atoms with Crippen LogP contribution in [0.15, 0.2) is 42.5 Å². The van der Waals surface area contributed by atoms with Gasteiger partial charge in [-0.15, -0.1) is 0 Å². The fourth-order valence-electron chi connectivity index (χ4n) is 4.34. The van der Waals surface area contributed by atoms with E-state index >= 15 is 0 Å². The Morgan fingerprint density at radius 2 is 1.73 bits per heavy atom. The molecule has 0 radical (unpaired) electrons. The number of benzene rings is 2. The Morgan fingerprint density at radius 3 is 2.53 bits per heavy atom. The molecule has 3 aliphatic heterocycles. The third-order valence-corrected chi connectivity index (χ3v) is 6.03. The fourth-order valence-corrected chi connectivity index (χ4v) is 4.34. The molecule has 0 saturated carbocycles. The monoisotopic (exact) mass is 407 g/mol. The van der Waals surface area contributed by atoms with Crippen LogP contribution in [0.3, 0.4) is 0 Å². The lowest BCUT2D eigenvalue weighted by molar-refractivity contribution is -0.126. The maximum Gasteiger partial charge on any atom is 0.231 e. The first kappa shape index (κ1) is 18.8. The van der Waals surface area contributed by atoms with Crippen molar-refractivity contribution in [3.8, 4) is 11.5 Å². The van der Waals surface area contributed by atoms with Crippen molar-refractivity contribution in [1.82, 2.24) is 5.32 Å². The van der Waals surface area contributed by atoms with E-state index in [9.17, 15) is 9.59 Å². The van der Waals surface area contributed by atoms with E-state index in [0.717, 1.165) is 30.1 Å². The number of hydrogen-bond acceptors (Lipinski definition) is 5. The standard InChI is InChI=1S/C23H25N3O4/c27-22-12-17(23(28)24-13-16-3-8-20-21(11-16)30-15-29-20)14-26(22)19-6-4-18(5-7-19)25-9-1-2-10-25/h3-8,11,17H,1-2,9-10,12-15H2,(H,24,28). The lowest BCUT2D eigenvalue weighted by atomic mass is 10.1. The van der Waals surface area contributed by atoms with Crippen LogP contribution in [0.1, 0.15) is 24.8 Å². The molecule has 3 heterocycles. The van der Waals surface area contributed by atoms with Crippen LogP contribution in [0.5, 0.6) is 11.5 Å². The van der Waals surface area contributed by atoms with Crippen molar-refractivity contribution < 1.29 is 19.1 Å². The molecule has 2 aromatic rings. The maximum absolute atomic E-state index is 12.7. The number of nitrogens with zero attached hydrogens (tertiary/aromatic N) is 2. The quantitative estimate of drug-likeness (QED) is 0.825. The molecule has 5 rings (SSSR count). The SMILES string of the molecule is O=C(NCc1ccc2c(c1)OCO2)C1CC(=O)N(c2ccc(N3CCCC3)cc2)C1. The van der Waals surface area contributed by atoms with Gasteiger partial charge in [-0.05, 0) is 54.8 Å². The summed E-state index contributed by atoms with van der Waals surface area (Å²) in [6, 6.07) is 13.7. The number of ether oxygens (including phenoxy) is 2. The average molecular weight is 407 g/mol. The molecule has 7 heteroatoms. The van der Waals surface area contributed by atoms with Crippen LogP contribution in [-0.2, 0) is 16.1 Å². The molecule has 1 atom stereocenters. The van der Waals surface area contributed by atoms with Crippen LogP contribution < -0.4 is 24.6 Å². The largest absolute Gasteiger partial charge is 0.454 e. The van der Waals surface area contributed by atoms with Gasteiger partial charge in [0.1, 0.15) is 0 Å². The van der Waals surface area contributed by atoms with Crippen LogP contribution >= 0.6 is 0 Å². The van der Waals surface area contributed by atoms with Crippen molar-refractivity contribution in [3.05, 3.63) is 48.0 Å². The molecule has 0 aliphatic carbocycles. The van der Waals surface area contributed by atoms with E-state index in [2.05, 4.69) is 22.3 Å². The minimum absolute atomic E-state index is 0.00727. The van der Waals surface area contributed by atoms with Crippen molar-refractivity contribution in [2.45, 2.75) is 25.8 Å². The number of carbonyl (C=O) groups excluding carboxylic acids is 2. The molecule has 2 fully saturated rings. The normalized spacial score (nSPS) is 20.1. The number of anilines is 2. The van der Waals surface area contributed by atoms with Gasteiger partial charge in [0.05, 0.1) is 5.92 Å². The minimum Gasteiger partial charge on any atom is -0.454 e. The molecule has 1 N–H and O–H groups in total. The molecule has 0 bridgehead atoms. The van der Waals surface area contributed by atoms with E-state index in [0.29, 0.717) is 18.8 Å². The smallest absolute Gasteiger partial charge is 0.231 e. The highest BCUT2D eigenvalue weighted by atomic mass is 16.7. The van der Waals surface area contributed by atoms with Gasteiger partial charge in [0, 0.05) is 44.0 Å². The highest BCUT2D eigenvalue weighted by Crippen LogP contribution is 2.32. The lowest BCUT2D eigenvalue weighted by Gasteiger charge is -2.20. The Kier molecular flexibility index (Phi) is 4.94. The van der Waals surface area contributed by atoms with Gasteiger partial charge in [0.15, 0.2) is 11.5 Å². The van der Waals surface area contributed by atoms with Gasteiger partial charge in [-0.3, -0.25) is 9.59 Å². The van der Waals surface area contributed by atoms with Crippen LogP contribution in [0.4, 0.5) is 11.4 Å². The molecule has 7 nitrogen and oxygen atoms in total. The first-order valence-electron chi connectivity index (χ1n) is 10.5. The maximum atomic E-state index is 12.7. The van der Waals surface area contributed by atoms with Crippen LogP contribution in [0.2, 0.25) is 0 Å². The van der Waals surface area contributed by atoms with E-state index < -0.39 is 0 Å². The van der Waals surface area contributed by atoms with Gasteiger partial charge in [-0.1, -0.05) is 6.07 Å². The van der Waals surface area contributed by atoms with Crippen molar-refractivity contribution in [3.63, 3.8) is 0 Å². The van der Waals surface area contributed by atoms with E-state index in [4.69, 9.17) is 9.47 Å². The average Bonchev–Trinajstić information content (AvgIpc) is 3.52. The van der Waals surface area contributed by atoms with Crippen molar-refractivity contribution in [2.75, 3.05) is 36.2 Å². The second-order valence-corrected chi connectivity index (χ2v) is 8.02.